The van der Waals surface area contributed by atoms with Gasteiger partial charge < -0.3 is 9.42 Å². The fourth-order valence-corrected chi connectivity index (χ4v) is 3.45. The standard InChI is InChI=1S/C15H14N2O2S2/c1-11-8-14(16-19-11)15(18)17(9-12-4-2-6-20-12)10-13-5-3-7-21-13/h2-8H,9-10H2,1H3. The molecule has 108 valence electrons. The average Bonchev–Trinajstić information content (AvgIpc) is 3.19. The van der Waals surface area contributed by atoms with Crippen LogP contribution in [0.25, 0.3) is 0 Å². The second kappa shape index (κ2) is 6.24. The van der Waals surface area contributed by atoms with Crippen molar-refractivity contribution in [3.63, 3.8) is 0 Å². The Kier molecular flexibility index (Phi) is 4.17. The Hall–Kier alpha value is -1.92. The van der Waals surface area contributed by atoms with Gasteiger partial charge in [0.15, 0.2) is 5.69 Å². The summed E-state index contributed by atoms with van der Waals surface area (Å²) < 4.78 is 5.01. The van der Waals surface area contributed by atoms with Crippen LogP contribution < -0.4 is 0 Å². The third-order valence-electron chi connectivity index (χ3n) is 2.99. The zero-order chi connectivity index (χ0) is 14.7. The Morgan fingerprint density at radius 2 is 1.81 bits per heavy atom. The van der Waals surface area contributed by atoms with E-state index in [0.717, 1.165) is 9.75 Å². The van der Waals surface area contributed by atoms with Crippen molar-refractivity contribution in [2.45, 2.75) is 20.0 Å². The Labute approximate surface area is 130 Å². The molecule has 0 aliphatic carbocycles. The molecule has 0 atom stereocenters. The third kappa shape index (κ3) is 3.40. The summed E-state index contributed by atoms with van der Waals surface area (Å²) in [5.74, 6) is 0.541. The van der Waals surface area contributed by atoms with Crippen molar-refractivity contribution in [1.82, 2.24) is 10.1 Å². The molecule has 0 spiro atoms. The van der Waals surface area contributed by atoms with Gasteiger partial charge in [-0.25, -0.2) is 0 Å². The normalized spacial score (nSPS) is 10.7. The zero-order valence-corrected chi connectivity index (χ0v) is 13.1. The maximum Gasteiger partial charge on any atom is 0.276 e. The quantitative estimate of drug-likeness (QED) is 0.715. The first-order valence-electron chi connectivity index (χ1n) is 6.50. The molecule has 0 saturated heterocycles. The monoisotopic (exact) mass is 318 g/mol. The molecule has 21 heavy (non-hydrogen) atoms. The number of amides is 1. The zero-order valence-electron chi connectivity index (χ0n) is 11.5. The summed E-state index contributed by atoms with van der Waals surface area (Å²) in [4.78, 5) is 16.7. The molecule has 0 aliphatic heterocycles. The van der Waals surface area contributed by atoms with Crippen LogP contribution in [0.4, 0.5) is 0 Å². The molecule has 0 unspecified atom stereocenters. The van der Waals surface area contributed by atoms with Crippen LogP contribution in [-0.2, 0) is 13.1 Å². The van der Waals surface area contributed by atoms with E-state index in [-0.39, 0.29) is 5.91 Å². The molecule has 3 aromatic heterocycles. The predicted octanol–water partition coefficient (Wildman–Crippen LogP) is 3.95. The third-order valence-corrected chi connectivity index (χ3v) is 4.71. The van der Waals surface area contributed by atoms with Crippen molar-refractivity contribution in [3.05, 3.63) is 62.3 Å². The summed E-state index contributed by atoms with van der Waals surface area (Å²) in [5.41, 5.74) is 0.362. The predicted molar refractivity (Wildman–Crippen MR) is 83.5 cm³/mol. The van der Waals surface area contributed by atoms with E-state index >= 15 is 0 Å². The highest BCUT2D eigenvalue weighted by Gasteiger charge is 2.20. The first-order valence-corrected chi connectivity index (χ1v) is 8.25. The number of nitrogens with zero attached hydrogens (tertiary/aromatic N) is 2. The molecular weight excluding hydrogens is 304 g/mol. The number of aryl methyl sites for hydroxylation is 1. The van der Waals surface area contributed by atoms with Crippen molar-refractivity contribution in [2.24, 2.45) is 0 Å². The SMILES string of the molecule is Cc1cc(C(=O)N(Cc2cccs2)Cc2cccs2)no1. The highest BCUT2D eigenvalue weighted by atomic mass is 32.1. The van der Waals surface area contributed by atoms with E-state index in [1.165, 1.54) is 0 Å². The van der Waals surface area contributed by atoms with Crippen LogP contribution in [0.3, 0.4) is 0 Å². The lowest BCUT2D eigenvalue weighted by molar-refractivity contribution is 0.0723. The summed E-state index contributed by atoms with van der Waals surface area (Å²) in [6.07, 6.45) is 0. The van der Waals surface area contributed by atoms with Gasteiger partial charge in [-0.1, -0.05) is 17.3 Å². The van der Waals surface area contributed by atoms with Crippen LogP contribution in [0.5, 0.6) is 0 Å². The van der Waals surface area contributed by atoms with Crippen molar-refractivity contribution in [3.8, 4) is 0 Å². The Morgan fingerprint density at radius 1 is 1.19 bits per heavy atom. The van der Waals surface area contributed by atoms with Crippen LogP contribution in [0.15, 0.2) is 45.6 Å². The number of carbonyl (C=O) groups excluding carboxylic acids is 1. The molecule has 1 amide bonds. The minimum Gasteiger partial charge on any atom is -0.361 e. The molecule has 0 N–H and O–H groups in total. The van der Waals surface area contributed by atoms with Crippen molar-refractivity contribution in [1.29, 1.82) is 0 Å². The largest absolute Gasteiger partial charge is 0.361 e. The second-order valence-corrected chi connectivity index (χ2v) is 6.71. The van der Waals surface area contributed by atoms with Crippen molar-refractivity contribution in [2.75, 3.05) is 0 Å². The number of carbonyl (C=O) groups is 1. The van der Waals surface area contributed by atoms with Gasteiger partial charge in [-0.2, -0.15) is 0 Å². The minimum absolute atomic E-state index is 0.103. The lowest BCUT2D eigenvalue weighted by Crippen LogP contribution is -2.29. The van der Waals surface area contributed by atoms with Gasteiger partial charge in [-0.3, -0.25) is 4.79 Å². The van der Waals surface area contributed by atoms with Gasteiger partial charge in [0, 0.05) is 15.8 Å². The van der Waals surface area contributed by atoms with E-state index in [0.29, 0.717) is 24.5 Å². The molecular formula is C15H14N2O2S2. The van der Waals surface area contributed by atoms with E-state index in [2.05, 4.69) is 5.16 Å². The van der Waals surface area contributed by atoms with Gasteiger partial charge in [0.1, 0.15) is 5.76 Å². The van der Waals surface area contributed by atoms with Gasteiger partial charge in [-0.15, -0.1) is 22.7 Å². The number of rotatable bonds is 5. The highest BCUT2D eigenvalue weighted by Crippen LogP contribution is 2.19. The maximum absolute atomic E-state index is 12.6. The average molecular weight is 318 g/mol. The van der Waals surface area contributed by atoms with E-state index in [1.54, 1.807) is 40.6 Å². The van der Waals surface area contributed by atoms with Crippen LogP contribution in [0.1, 0.15) is 26.0 Å². The van der Waals surface area contributed by atoms with Crippen LogP contribution in [0.2, 0.25) is 0 Å². The molecule has 0 aromatic carbocycles. The molecule has 3 heterocycles. The first kappa shape index (κ1) is 14.0. The van der Waals surface area contributed by atoms with Crippen LogP contribution in [0, 0.1) is 6.92 Å². The highest BCUT2D eigenvalue weighted by molar-refractivity contribution is 7.10. The summed E-state index contributed by atoms with van der Waals surface area (Å²) in [6.45, 7) is 2.95. The summed E-state index contributed by atoms with van der Waals surface area (Å²) in [5, 5.41) is 7.87. The van der Waals surface area contributed by atoms with E-state index in [9.17, 15) is 4.79 Å². The molecule has 3 rings (SSSR count). The Bertz CT molecular complexity index is 666. The van der Waals surface area contributed by atoms with E-state index in [4.69, 9.17) is 4.52 Å². The van der Waals surface area contributed by atoms with Gasteiger partial charge in [0.05, 0.1) is 13.1 Å². The number of aromatic nitrogens is 1. The fourth-order valence-electron chi connectivity index (χ4n) is 2.01. The fraction of sp³-hybridized carbons (Fsp3) is 0.200. The summed E-state index contributed by atoms with van der Waals surface area (Å²) >= 11 is 3.29. The van der Waals surface area contributed by atoms with Crippen molar-refractivity contribution < 1.29 is 9.32 Å². The number of thiophene rings is 2. The molecule has 0 aliphatic rings. The topological polar surface area (TPSA) is 46.3 Å². The maximum atomic E-state index is 12.6. The van der Waals surface area contributed by atoms with Crippen LogP contribution in [-0.4, -0.2) is 16.0 Å². The van der Waals surface area contributed by atoms with Crippen molar-refractivity contribution >= 4 is 28.6 Å². The Balaban J connectivity index is 1.82. The van der Waals surface area contributed by atoms with Crippen LogP contribution >= 0.6 is 22.7 Å². The number of hydrogen-bond donors (Lipinski definition) is 0. The molecule has 0 saturated carbocycles. The molecule has 0 bridgehead atoms. The summed E-state index contributed by atoms with van der Waals surface area (Å²) in [6, 6.07) is 9.74. The Morgan fingerprint density at radius 3 is 2.24 bits per heavy atom. The second-order valence-electron chi connectivity index (χ2n) is 4.64. The molecule has 0 fully saturated rings. The van der Waals surface area contributed by atoms with Gasteiger partial charge in [-0.05, 0) is 29.8 Å². The number of hydrogen-bond acceptors (Lipinski definition) is 5. The smallest absolute Gasteiger partial charge is 0.276 e. The molecule has 0 radical (unpaired) electrons. The molecule has 4 nitrogen and oxygen atoms in total. The molecule has 3 aromatic rings. The van der Waals surface area contributed by atoms with E-state index in [1.807, 2.05) is 35.0 Å². The first-order chi connectivity index (χ1) is 10.2. The van der Waals surface area contributed by atoms with Gasteiger partial charge >= 0.3 is 0 Å². The summed E-state index contributed by atoms with van der Waals surface area (Å²) in [7, 11) is 0. The minimum atomic E-state index is -0.103. The van der Waals surface area contributed by atoms with Gasteiger partial charge in [0.2, 0.25) is 0 Å². The van der Waals surface area contributed by atoms with E-state index < -0.39 is 0 Å². The molecule has 6 heteroatoms. The lowest BCUT2D eigenvalue weighted by atomic mass is 10.3. The van der Waals surface area contributed by atoms with Gasteiger partial charge in [0.25, 0.3) is 5.91 Å². The lowest BCUT2D eigenvalue weighted by Gasteiger charge is -2.20.